The van der Waals surface area contributed by atoms with Crippen LogP contribution < -0.4 is 10.5 Å². The highest BCUT2D eigenvalue weighted by Crippen LogP contribution is 2.35. The molecule has 0 aromatic heterocycles. The number of benzene rings is 1. The summed E-state index contributed by atoms with van der Waals surface area (Å²) in [5.41, 5.74) is 6.89. The van der Waals surface area contributed by atoms with Gasteiger partial charge in [0.25, 0.3) is 0 Å². The van der Waals surface area contributed by atoms with Crippen LogP contribution in [-0.2, 0) is 6.42 Å². The van der Waals surface area contributed by atoms with Crippen LogP contribution >= 0.6 is 31.9 Å². The maximum atomic E-state index is 12.0. The maximum absolute atomic E-state index is 12.0. The van der Waals surface area contributed by atoms with E-state index in [1.54, 1.807) is 0 Å². The average Bonchev–Trinajstić information content (AvgIpc) is 2.21. The SMILES string of the molecule is CC(N)Cc1cc(Br)c(OCCCF)c(Br)c1. The Hall–Kier alpha value is -0.130. The molecule has 1 unspecified atom stereocenters. The van der Waals surface area contributed by atoms with Crippen molar-refractivity contribution in [2.75, 3.05) is 13.3 Å². The van der Waals surface area contributed by atoms with E-state index >= 15 is 0 Å². The zero-order valence-electron chi connectivity index (χ0n) is 9.68. The Kier molecular flexibility index (Phi) is 6.44. The molecule has 0 saturated heterocycles. The van der Waals surface area contributed by atoms with Crippen LogP contribution in [0.25, 0.3) is 0 Å². The van der Waals surface area contributed by atoms with Gasteiger partial charge in [0.2, 0.25) is 0 Å². The minimum Gasteiger partial charge on any atom is -0.491 e. The molecule has 0 radical (unpaired) electrons. The maximum Gasteiger partial charge on any atom is 0.147 e. The van der Waals surface area contributed by atoms with Crippen LogP contribution in [0.4, 0.5) is 4.39 Å². The van der Waals surface area contributed by atoms with E-state index in [1.807, 2.05) is 19.1 Å². The van der Waals surface area contributed by atoms with Crippen molar-refractivity contribution in [3.63, 3.8) is 0 Å². The van der Waals surface area contributed by atoms with Crippen LogP contribution in [0.1, 0.15) is 18.9 Å². The van der Waals surface area contributed by atoms with Crippen LogP contribution in [0, 0.1) is 0 Å². The molecule has 1 aromatic carbocycles. The summed E-state index contributed by atoms with van der Waals surface area (Å²) in [7, 11) is 0. The minimum absolute atomic E-state index is 0.118. The van der Waals surface area contributed by atoms with E-state index in [9.17, 15) is 4.39 Å². The summed E-state index contributed by atoms with van der Waals surface area (Å²) in [4.78, 5) is 0. The normalized spacial score (nSPS) is 12.5. The lowest BCUT2D eigenvalue weighted by molar-refractivity contribution is 0.286. The van der Waals surface area contributed by atoms with Crippen molar-refractivity contribution in [1.82, 2.24) is 0 Å². The number of hydrogen-bond acceptors (Lipinski definition) is 2. The van der Waals surface area contributed by atoms with Gasteiger partial charge in [-0.05, 0) is 62.9 Å². The fraction of sp³-hybridized carbons (Fsp3) is 0.500. The Morgan fingerprint density at radius 3 is 2.41 bits per heavy atom. The van der Waals surface area contributed by atoms with Gasteiger partial charge in [-0.1, -0.05) is 0 Å². The topological polar surface area (TPSA) is 35.2 Å². The summed E-state index contributed by atoms with van der Waals surface area (Å²) >= 11 is 6.90. The lowest BCUT2D eigenvalue weighted by Gasteiger charge is -2.12. The van der Waals surface area contributed by atoms with E-state index in [-0.39, 0.29) is 12.7 Å². The zero-order chi connectivity index (χ0) is 12.8. The lowest BCUT2D eigenvalue weighted by atomic mass is 10.1. The van der Waals surface area contributed by atoms with Crippen LogP contribution in [0.3, 0.4) is 0 Å². The predicted octanol–water partition coefficient (Wildman–Crippen LogP) is 3.84. The third-order valence-electron chi connectivity index (χ3n) is 2.14. The van der Waals surface area contributed by atoms with Gasteiger partial charge in [-0.3, -0.25) is 4.39 Å². The molecule has 5 heteroatoms. The van der Waals surface area contributed by atoms with Crippen LogP contribution in [0.2, 0.25) is 0 Å². The molecule has 0 bridgehead atoms. The van der Waals surface area contributed by atoms with Gasteiger partial charge < -0.3 is 10.5 Å². The van der Waals surface area contributed by atoms with Crippen molar-refractivity contribution < 1.29 is 9.13 Å². The van der Waals surface area contributed by atoms with Gasteiger partial charge >= 0.3 is 0 Å². The number of rotatable bonds is 6. The molecule has 17 heavy (non-hydrogen) atoms. The number of nitrogens with two attached hydrogens (primary N) is 1. The fourth-order valence-electron chi connectivity index (χ4n) is 1.47. The first kappa shape index (κ1) is 14.9. The molecule has 0 fully saturated rings. The Morgan fingerprint density at radius 2 is 1.94 bits per heavy atom. The van der Waals surface area contributed by atoms with Gasteiger partial charge in [0.1, 0.15) is 5.75 Å². The van der Waals surface area contributed by atoms with E-state index in [0.29, 0.717) is 18.8 Å². The third kappa shape index (κ3) is 4.94. The Balaban J connectivity index is 2.79. The largest absolute Gasteiger partial charge is 0.491 e. The molecular weight excluding hydrogens is 353 g/mol. The average molecular weight is 369 g/mol. The van der Waals surface area contributed by atoms with Crippen LogP contribution in [-0.4, -0.2) is 19.3 Å². The molecule has 96 valence electrons. The molecule has 1 rings (SSSR count). The summed E-state index contributed by atoms with van der Waals surface area (Å²) in [6, 6.07) is 4.09. The summed E-state index contributed by atoms with van der Waals surface area (Å²) in [5, 5.41) is 0. The number of alkyl halides is 1. The minimum atomic E-state index is -0.363. The van der Waals surface area contributed by atoms with Crippen molar-refractivity contribution in [1.29, 1.82) is 0 Å². The smallest absolute Gasteiger partial charge is 0.147 e. The van der Waals surface area contributed by atoms with Crippen LogP contribution in [0.5, 0.6) is 5.75 Å². The Morgan fingerprint density at radius 1 is 1.35 bits per heavy atom. The van der Waals surface area contributed by atoms with Crippen molar-refractivity contribution in [3.8, 4) is 5.75 Å². The molecule has 0 spiro atoms. The quantitative estimate of drug-likeness (QED) is 0.774. The second-order valence-corrected chi connectivity index (χ2v) is 5.67. The molecule has 2 N–H and O–H groups in total. The molecule has 0 saturated carbocycles. The van der Waals surface area contributed by atoms with E-state index in [1.165, 1.54) is 0 Å². The first-order valence-electron chi connectivity index (χ1n) is 5.47. The van der Waals surface area contributed by atoms with Gasteiger partial charge in [0.05, 0.1) is 22.2 Å². The van der Waals surface area contributed by atoms with Crippen molar-refractivity contribution in [2.45, 2.75) is 25.8 Å². The molecule has 0 heterocycles. The fourth-order valence-corrected chi connectivity index (χ4v) is 2.98. The van der Waals surface area contributed by atoms with Gasteiger partial charge in [0.15, 0.2) is 0 Å². The zero-order valence-corrected chi connectivity index (χ0v) is 12.9. The van der Waals surface area contributed by atoms with Gasteiger partial charge in [-0.25, -0.2) is 0 Å². The molecule has 0 aliphatic rings. The van der Waals surface area contributed by atoms with E-state index < -0.39 is 0 Å². The highest BCUT2D eigenvalue weighted by atomic mass is 79.9. The summed E-state index contributed by atoms with van der Waals surface area (Å²) in [6.45, 7) is 1.98. The highest BCUT2D eigenvalue weighted by Gasteiger charge is 2.10. The number of halogens is 3. The number of hydrogen-bond donors (Lipinski definition) is 1. The first-order chi connectivity index (χ1) is 8.04. The molecular formula is C12H16Br2FNO. The van der Waals surface area contributed by atoms with Gasteiger partial charge in [-0.2, -0.15) is 0 Å². The molecule has 1 aromatic rings. The Labute approximate surface area is 118 Å². The highest BCUT2D eigenvalue weighted by molar-refractivity contribution is 9.11. The second kappa shape index (κ2) is 7.34. The number of ether oxygens (including phenoxy) is 1. The van der Waals surface area contributed by atoms with Crippen molar-refractivity contribution in [2.24, 2.45) is 5.73 Å². The lowest BCUT2D eigenvalue weighted by Crippen LogP contribution is -2.17. The molecule has 1 atom stereocenters. The van der Waals surface area contributed by atoms with Crippen molar-refractivity contribution in [3.05, 3.63) is 26.6 Å². The summed E-state index contributed by atoms with van der Waals surface area (Å²) in [6.07, 6.45) is 1.21. The molecule has 0 aliphatic heterocycles. The first-order valence-corrected chi connectivity index (χ1v) is 7.05. The predicted molar refractivity (Wildman–Crippen MR) is 75.3 cm³/mol. The standard InChI is InChI=1S/C12H16Br2FNO/c1-8(16)5-9-6-10(13)12(11(14)7-9)17-4-2-3-15/h6-8H,2-5,16H2,1H3. The second-order valence-electron chi connectivity index (χ2n) is 3.96. The van der Waals surface area contributed by atoms with Crippen molar-refractivity contribution >= 4 is 31.9 Å². The summed E-state index contributed by atoms with van der Waals surface area (Å²) in [5.74, 6) is 0.715. The molecule has 0 amide bonds. The van der Waals surface area contributed by atoms with Crippen LogP contribution in [0.15, 0.2) is 21.1 Å². The summed E-state index contributed by atoms with van der Waals surface area (Å²) < 4.78 is 19.2. The Bertz CT molecular complexity index is 349. The molecule has 0 aliphatic carbocycles. The van der Waals surface area contributed by atoms with Gasteiger partial charge in [-0.15, -0.1) is 0 Å². The van der Waals surface area contributed by atoms with E-state index in [4.69, 9.17) is 10.5 Å². The van der Waals surface area contributed by atoms with E-state index in [2.05, 4.69) is 31.9 Å². The molecule has 2 nitrogen and oxygen atoms in total. The third-order valence-corrected chi connectivity index (χ3v) is 3.32. The monoisotopic (exact) mass is 367 g/mol. The van der Waals surface area contributed by atoms with E-state index in [0.717, 1.165) is 20.9 Å². The van der Waals surface area contributed by atoms with Gasteiger partial charge in [0, 0.05) is 12.5 Å².